The number of unbranched alkanes of at least 4 members (excludes halogenated alkanes) is 24. The molecule has 0 N–H and O–H groups in total. The van der Waals surface area contributed by atoms with Crippen LogP contribution in [0.5, 0.6) is 0 Å². The van der Waals surface area contributed by atoms with Crippen molar-refractivity contribution in [2.45, 2.75) is 246 Å². The second-order valence-electron chi connectivity index (χ2n) is 24.6. The van der Waals surface area contributed by atoms with Crippen molar-refractivity contribution >= 4 is 135 Å². The Bertz CT molecular complexity index is 3460. The smallest absolute Gasteiger partial charge is 0.115 e. The van der Waals surface area contributed by atoms with Gasteiger partial charge in [-0.3, -0.25) is 0 Å². The summed E-state index contributed by atoms with van der Waals surface area (Å²) in [4.78, 5) is 0. The molecule has 0 aliphatic heterocycles. The molecule has 0 aliphatic rings. The van der Waals surface area contributed by atoms with Crippen molar-refractivity contribution in [2.75, 3.05) is 0 Å². The van der Waals surface area contributed by atoms with Crippen LogP contribution in [0.25, 0.3) is 86.2 Å². The molecule has 2 aromatic heterocycles. The normalized spacial score (nSPS) is 13.1. The molecule has 0 saturated carbocycles. The van der Waals surface area contributed by atoms with Crippen molar-refractivity contribution < 1.29 is 0 Å². The first-order valence-corrected chi connectivity index (χ1v) is 34.4. The minimum Gasteiger partial charge on any atom is -0.322 e. The molecular weight excluding hydrogens is 1050 g/mol. The van der Waals surface area contributed by atoms with Crippen LogP contribution in [0.4, 0.5) is 0 Å². The van der Waals surface area contributed by atoms with Crippen LogP contribution in [-0.4, -0.2) is 9.13 Å². The quantitative estimate of drug-likeness (QED) is 0.0220. The van der Waals surface area contributed by atoms with E-state index in [2.05, 4.69) is 122 Å². The third-order valence-corrected chi connectivity index (χ3v) is 20.4. The van der Waals surface area contributed by atoms with Crippen LogP contribution < -0.4 is 0 Å². The van der Waals surface area contributed by atoms with Crippen LogP contribution in [-0.2, 0) is 13.1 Å². The number of aromatic nitrogens is 2. The molecule has 7 aromatic carbocycles. The van der Waals surface area contributed by atoms with Crippen LogP contribution in [0.1, 0.15) is 233 Å². The summed E-state index contributed by atoms with van der Waals surface area (Å²) in [5.74, 6) is 1.08. The average Bonchev–Trinajstić information content (AvgIpc) is 2.12. The van der Waals surface area contributed by atoms with Crippen molar-refractivity contribution in [3.05, 3.63) is 103 Å². The Kier molecular flexibility index (Phi) is 23.2. The lowest BCUT2D eigenvalue weighted by atomic mass is 9.86. The SMILES string of the molecule is CCCCCCCCCCC(CCCCCCCC)Cn1c(=S)c2c3ccc4c5c(=S)n(CC(CCCCCCCC)CCCCCCCCCC)c(=S)c5c5c6ccccc6ccc5c4c3c3ccc4ccccc4c3c2c1=S. The van der Waals surface area contributed by atoms with E-state index >= 15 is 0 Å². The lowest BCUT2D eigenvalue weighted by Gasteiger charge is -2.18. The Labute approximate surface area is 502 Å². The fourth-order valence-electron chi connectivity index (χ4n) is 14.3. The van der Waals surface area contributed by atoms with Gasteiger partial charge in [-0.05, 0) is 91.4 Å². The second kappa shape index (κ2) is 30.6. The van der Waals surface area contributed by atoms with E-state index in [-0.39, 0.29) is 0 Å². The zero-order valence-electron chi connectivity index (χ0n) is 49.8. The van der Waals surface area contributed by atoms with Gasteiger partial charge in [-0.25, -0.2) is 0 Å². The van der Waals surface area contributed by atoms with E-state index in [0.29, 0.717) is 11.8 Å². The highest BCUT2D eigenvalue weighted by atomic mass is 32.1. The van der Waals surface area contributed by atoms with Crippen molar-refractivity contribution in [1.82, 2.24) is 9.13 Å². The van der Waals surface area contributed by atoms with Gasteiger partial charge in [-0.1, -0.05) is 341 Å². The Morgan fingerprint density at radius 3 is 0.838 bits per heavy atom. The van der Waals surface area contributed by atoms with Crippen LogP contribution in [0, 0.1) is 30.4 Å². The number of hydrogen-bond donors (Lipinski definition) is 0. The van der Waals surface area contributed by atoms with E-state index < -0.39 is 0 Å². The van der Waals surface area contributed by atoms with E-state index in [1.54, 1.807) is 0 Å². The summed E-state index contributed by atoms with van der Waals surface area (Å²) in [6, 6.07) is 32.1. The highest BCUT2D eigenvalue weighted by Gasteiger charge is 2.26. The van der Waals surface area contributed by atoms with Gasteiger partial charge >= 0.3 is 0 Å². The van der Waals surface area contributed by atoms with Crippen LogP contribution in [0.2, 0.25) is 0 Å². The van der Waals surface area contributed by atoms with E-state index in [1.165, 1.54) is 270 Å². The summed E-state index contributed by atoms with van der Waals surface area (Å²) >= 11 is 27.3. The molecule has 6 heteroatoms. The molecule has 0 radical (unpaired) electrons. The summed E-state index contributed by atoms with van der Waals surface area (Å²) < 4.78 is 8.46. The van der Waals surface area contributed by atoms with Crippen molar-refractivity contribution in [3.63, 3.8) is 0 Å². The van der Waals surface area contributed by atoms with Crippen LogP contribution >= 0.6 is 48.9 Å². The van der Waals surface area contributed by atoms with Gasteiger partial charge < -0.3 is 9.13 Å². The molecule has 0 aliphatic carbocycles. The van der Waals surface area contributed by atoms with E-state index in [4.69, 9.17) is 48.9 Å². The summed E-state index contributed by atoms with van der Waals surface area (Å²) in [6.07, 6.45) is 42.3. The third kappa shape index (κ3) is 13.8. The first kappa shape index (κ1) is 60.6. The van der Waals surface area contributed by atoms with E-state index in [9.17, 15) is 0 Å². The molecule has 0 fully saturated rings. The molecule has 0 saturated heterocycles. The highest BCUT2D eigenvalue weighted by Crippen LogP contribution is 2.49. The predicted octanol–water partition coefficient (Wildman–Crippen LogP) is 26.1. The maximum Gasteiger partial charge on any atom is 0.115 e. The molecule has 0 spiro atoms. The fourth-order valence-corrected chi connectivity index (χ4v) is 15.9. The molecule has 9 aromatic rings. The molecule has 2 atom stereocenters. The van der Waals surface area contributed by atoms with E-state index in [0.717, 1.165) is 53.2 Å². The zero-order chi connectivity index (χ0) is 55.8. The Balaban J connectivity index is 1.20. The average molecular weight is 1140 g/mol. The summed E-state index contributed by atoms with van der Waals surface area (Å²) in [6.45, 7) is 11.0. The van der Waals surface area contributed by atoms with Gasteiger partial charge in [0, 0.05) is 45.4 Å². The summed E-state index contributed by atoms with van der Waals surface area (Å²) in [5, 5.41) is 19.4. The van der Waals surface area contributed by atoms with Gasteiger partial charge in [0.1, 0.15) is 18.6 Å². The maximum atomic E-state index is 6.86. The van der Waals surface area contributed by atoms with E-state index in [1.807, 2.05) is 0 Å². The van der Waals surface area contributed by atoms with Gasteiger partial charge in [0.05, 0.1) is 0 Å². The van der Waals surface area contributed by atoms with Crippen LogP contribution in [0.3, 0.4) is 0 Å². The number of fused-ring (bicyclic) bond motifs is 17. The third-order valence-electron chi connectivity index (χ3n) is 18.7. The first-order valence-electron chi connectivity index (χ1n) is 32.8. The van der Waals surface area contributed by atoms with Gasteiger partial charge in [0.25, 0.3) is 0 Å². The second-order valence-corrected chi connectivity index (χ2v) is 26.2. The molecule has 80 heavy (non-hydrogen) atoms. The first-order chi connectivity index (χ1) is 39.3. The van der Waals surface area contributed by atoms with Crippen molar-refractivity contribution in [2.24, 2.45) is 11.8 Å². The number of rotatable bonds is 36. The van der Waals surface area contributed by atoms with Gasteiger partial charge in [-0.15, -0.1) is 0 Å². The summed E-state index contributed by atoms with van der Waals surface area (Å²) in [5.41, 5.74) is 0. The highest BCUT2D eigenvalue weighted by molar-refractivity contribution is 7.72. The van der Waals surface area contributed by atoms with Crippen LogP contribution in [0.15, 0.2) is 84.9 Å². The number of hydrogen-bond acceptors (Lipinski definition) is 4. The molecule has 426 valence electrons. The van der Waals surface area contributed by atoms with Gasteiger partial charge in [0.2, 0.25) is 0 Å². The number of nitrogens with zero attached hydrogens (tertiary/aromatic N) is 2. The predicted molar refractivity (Wildman–Crippen MR) is 366 cm³/mol. The number of benzene rings is 7. The van der Waals surface area contributed by atoms with Crippen molar-refractivity contribution in [1.29, 1.82) is 0 Å². The lowest BCUT2D eigenvalue weighted by Crippen LogP contribution is -2.11. The molecule has 2 nitrogen and oxygen atoms in total. The molecule has 0 amide bonds. The molecule has 2 unspecified atom stereocenters. The largest absolute Gasteiger partial charge is 0.322 e. The topological polar surface area (TPSA) is 9.86 Å². The zero-order valence-corrected chi connectivity index (χ0v) is 53.1. The monoisotopic (exact) mass is 1140 g/mol. The molecule has 0 bridgehead atoms. The minimum absolute atomic E-state index is 0.542. The standard InChI is InChI=1S/C74H96N2S4/c1-5-9-13-17-21-23-27-31-39-53(37-29-25-19-15-11-7-3)51-75-71(77)67-61-49-50-62-66(65(61)59-47-45-55-41-33-35-43-57(55)63(59)69(67)73(75)79)60-48-46-56-42-34-36-44-58(56)64(60)70-68(62)72(78)76(74(70)80)52-54(38-30-26-20-16-12-8-4)40-32-28-24-22-18-14-10-6-2/h33-36,41-50,53-54H,5-32,37-40,51-52H2,1-4H3. The maximum absolute atomic E-state index is 6.86. The Morgan fingerprint density at radius 2 is 0.512 bits per heavy atom. The Hall–Kier alpha value is -3.94. The molecule has 9 rings (SSSR count). The fraction of sp³-hybridized carbons (Fsp3) is 0.541. The van der Waals surface area contributed by atoms with Gasteiger partial charge in [0.15, 0.2) is 0 Å². The Morgan fingerprint density at radius 1 is 0.263 bits per heavy atom. The van der Waals surface area contributed by atoms with Gasteiger partial charge in [-0.2, -0.15) is 0 Å². The van der Waals surface area contributed by atoms with Crippen molar-refractivity contribution in [3.8, 4) is 0 Å². The molecule has 2 heterocycles. The molecular formula is C74H96N2S4. The summed E-state index contributed by atoms with van der Waals surface area (Å²) in [7, 11) is 0. The minimum atomic E-state index is 0.542. The lowest BCUT2D eigenvalue weighted by molar-refractivity contribution is 0.355.